The quantitative estimate of drug-likeness (QED) is 0.196. The third-order valence-corrected chi connectivity index (χ3v) is 5.67. The Labute approximate surface area is 170 Å². The van der Waals surface area contributed by atoms with Gasteiger partial charge in [0.15, 0.2) is 0 Å². The monoisotopic (exact) mass is 392 g/mol. The molecule has 0 radical (unpaired) electrons. The minimum atomic E-state index is -0.739. The van der Waals surface area contributed by atoms with Crippen LogP contribution in [-0.4, -0.2) is 37.5 Å². The number of rotatable bonds is 17. The number of unbranched alkanes of at least 4 members (excludes halogenated alkanes) is 4. The lowest BCUT2D eigenvalue weighted by Gasteiger charge is -2.15. The summed E-state index contributed by atoms with van der Waals surface area (Å²) < 4.78 is 0. The molecule has 0 bridgehead atoms. The normalized spacial score (nSPS) is 18.1. The van der Waals surface area contributed by atoms with Crippen LogP contribution in [0.4, 0.5) is 0 Å². The molecule has 1 aliphatic rings. The van der Waals surface area contributed by atoms with Crippen molar-refractivity contribution in [3.05, 3.63) is 23.3 Å². The van der Waals surface area contributed by atoms with Gasteiger partial charge in [0.1, 0.15) is 6.29 Å². The van der Waals surface area contributed by atoms with E-state index >= 15 is 0 Å². The fourth-order valence-corrected chi connectivity index (χ4v) is 4.09. The van der Waals surface area contributed by atoms with Gasteiger partial charge in [-0.05, 0) is 64.5 Å². The van der Waals surface area contributed by atoms with Crippen LogP contribution in [0, 0.1) is 11.8 Å². The van der Waals surface area contributed by atoms with Crippen LogP contribution in [0.5, 0.6) is 0 Å². The number of hydrogen-bond acceptors (Lipinski definition) is 4. The molecule has 0 aromatic rings. The van der Waals surface area contributed by atoms with Gasteiger partial charge in [0.05, 0.1) is 0 Å². The fourth-order valence-electron chi connectivity index (χ4n) is 4.09. The molecule has 4 N–H and O–H groups in total. The Balaban J connectivity index is 2.17. The Hall–Kier alpha value is -1.46. The van der Waals surface area contributed by atoms with Gasteiger partial charge in [0, 0.05) is 18.9 Å². The summed E-state index contributed by atoms with van der Waals surface area (Å²) in [7, 11) is 1.92. The van der Waals surface area contributed by atoms with Crippen LogP contribution in [-0.2, 0) is 9.59 Å². The van der Waals surface area contributed by atoms with Crippen LogP contribution in [0.15, 0.2) is 23.3 Å². The number of carbonyl (C=O) groups excluding carboxylic acids is 1. The van der Waals surface area contributed by atoms with Crippen molar-refractivity contribution in [2.24, 2.45) is 17.6 Å². The number of nitrogens with two attached hydrogens (primary N) is 1. The molecule has 28 heavy (non-hydrogen) atoms. The SMILES string of the molecule is CNCC(=CCCC(=O)O)CCCCCCCC(C=O)C1C=C(CCN)CC1. The van der Waals surface area contributed by atoms with Gasteiger partial charge in [0.25, 0.3) is 0 Å². The molecule has 0 amide bonds. The second-order valence-corrected chi connectivity index (χ2v) is 8.00. The molecular weight excluding hydrogens is 352 g/mol. The van der Waals surface area contributed by atoms with E-state index in [0.717, 1.165) is 51.5 Å². The van der Waals surface area contributed by atoms with Gasteiger partial charge in [-0.3, -0.25) is 4.79 Å². The molecule has 0 aliphatic heterocycles. The molecule has 0 spiro atoms. The van der Waals surface area contributed by atoms with Crippen molar-refractivity contribution in [1.82, 2.24) is 5.32 Å². The second kappa shape index (κ2) is 15.5. The number of carbonyl (C=O) groups is 2. The lowest BCUT2D eigenvalue weighted by molar-refractivity contribution is -0.136. The van der Waals surface area contributed by atoms with E-state index in [2.05, 4.69) is 17.5 Å². The van der Waals surface area contributed by atoms with Gasteiger partial charge < -0.3 is 21.0 Å². The van der Waals surface area contributed by atoms with E-state index in [9.17, 15) is 9.59 Å². The lowest BCUT2D eigenvalue weighted by atomic mass is 9.88. The summed E-state index contributed by atoms with van der Waals surface area (Å²) in [4.78, 5) is 22.1. The van der Waals surface area contributed by atoms with E-state index in [-0.39, 0.29) is 12.3 Å². The molecule has 0 aromatic carbocycles. The van der Waals surface area contributed by atoms with E-state index in [4.69, 9.17) is 10.8 Å². The van der Waals surface area contributed by atoms with Crippen molar-refractivity contribution in [3.63, 3.8) is 0 Å². The summed E-state index contributed by atoms with van der Waals surface area (Å²) >= 11 is 0. The third-order valence-electron chi connectivity index (χ3n) is 5.67. The molecule has 1 aliphatic carbocycles. The van der Waals surface area contributed by atoms with Crippen molar-refractivity contribution < 1.29 is 14.7 Å². The molecule has 0 saturated heterocycles. The van der Waals surface area contributed by atoms with Gasteiger partial charge in [-0.15, -0.1) is 0 Å². The van der Waals surface area contributed by atoms with E-state index in [1.54, 1.807) is 0 Å². The molecular formula is C23H40N2O3. The zero-order valence-corrected chi connectivity index (χ0v) is 17.6. The number of carboxylic acids is 1. The third kappa shape index (κ3) is 10.8. The molecule has 2 unspecified atom stereocenters. The first-order chi connectivity index (χ1) is 13.6. The van der Waals surface area contributed by atoms with E-state index in [1.165, 1.54) is 36.7 Å². The van der Waals surface area contributed by atoms with Crippen LogP contribution in [0.25, 0.3) is 0 Å². The topological polar surface area (TPSA) is 92.4 Å². The zero-order chi connectivity index (χ0) is 20.6. The molecule has 2 atom stereocenters. The Bertz CT molecular complexity index is 514. The second-order valence-electron chi connectivity index (χ2n) is 8.00. The molecule has 1 rings (SSSR count). The number of aldehydes is 1. The van der Waals surface area contributed by atoms with Crippen molar-refractivity contribution in [2.45, 2.75) is 77.0 Å². The molecule has 0 saturated carbocycles. The summed E-state index contributed by atoms with van der Waals surface area (Å²) in [6.07, 6.45) is 17.4. The Morgan fingerprint density at radius 3 is 2.71 bits per heavy atom. The highest BCUT2D eigenvalue weighted by Crippen LogP contribution is 2.33. The molecule has 5 heteroatoms. The summed E-state index contributed by atoms with van der Waals surface area (Å²) in [5.41, 5.74) is 8.38. The Morgan fingerprint density at radius 2 is 2.04 bits per heavy atom. The maximum absolute atomic E-state index is 11.5. The number of aliphatic carboxylic acids is 1. The average molecular weight is 393 g/mol. The Morgan fingerprint density at radius 1 is 1.29 bits per heavy atom. The van der Waals surface area contributed by atoms with Gasteiger partial charge in [-0.2, -0.15) is 0 Å². The van der Waals surface area contributed by atoms with Crippen LogP contribution in [0.2, 0.25) is 0 Å². The minimum Gasteiger partial charge on any atom is -0.481 e. The first-order valence-corrected chi connectivity index (χ1v) is 11.0. The highest BCUT2D eigenvalue weighted by atomic mass is 16.4. The predicted octanol–water partition coefficient (Wildman–Crippen LogP) is 4.23. The van der Waals surface area contributed by atoms with Crippen LogP contribution in [0.3, 0.4) is 0 Å². The molecule has 0 aromatic heterocycles. The number of likely N-dealkylation sites (N-methyl/N-ethyl adjacent to an activating group) is 1. The maximum Gasteiger partial charge on any atom is 0.303 e. The number of nitrogens with one attached hydrogen (secondary N) is 1. The van der Waals surface area contributed by atoms with Crippen LogP contribution < -0.4 is 11.1 Å². The summed E-state index contributed by atoms with van der Waals surface area (Å²) in [6.45, 7) is 1.54. The number of allylic oxidation sites excluding steroid dienone is 2. The van der Waals surface area contributed by atoms with Gasteiger partial charge in [-0.1, -0.05) is 49.0 Å². The molecule has 0 fully saturated rings. The van der Waals surface area contributed by atoms with E-state index in [0.29, 0.717) is 18.9 Å². The minimum absolute atomic E-state index is 0.176. The highest BCUT2D eigenvalue weighted by molar-refractivity contribution is 5.66. The largest absolute Gasteiger partial charge is 0.481 e. The zero-order valence-electron chi connectivity index (χ0n) is 17.6. The van der Waals surface area contributed by atoms with Crippen molar-refractivity contribution in [3.8, 4) is 0 Å². The smallest absolute Gasteiger partial charge is 0.303 e. The predicted molar refractivity (Wildman–Crippen MR) is 115 cm³/mol. The highest BCUT2D eigenvalue weighted by Gasteiger charge is 2.23. The summed E-state index contributed by atoms with van der Waals surface area (Å²) in [6, 6.07) is 0. The standard InChI is InChI=1S/C23H40N2O3/c1-25-17-20(9-7-11-23(27)28)8-5-3-2-4-6-10-22(18-26)21-13-12-19(16-21)14-15-24/h9,16,18,21-22,25H,2-8,10-15,17,24H2,1H3,(H,27,28). The van der Waals surface area contributed by atoms with Gasteiger partial charge >= 0.3 is 5.97 Å². The Kier molecular flexibility index (Phi) is 13.6. The van der Waals surface area contributed by atoms with Crippen molar-refractivity contribution in [2.75, 3.05) is 20.1 Å². The van der Waals surface area contributed by atoms with Crippen LogP contribution >= 0.6 is 0 Å². The summed E-state index contributed by atoms with van der Waals surface area (Å²) in [5.74, 6) is -0.133. The first-order valence-electron chi connectivity index (χ1n) is 11.0. The molecule has 0 heterocycles. The summed E-state index contributed by atoms with van der Waals surface area (Å²) in [5, 5.41) is 11.9. The number of hydrogen-bond donors (Lipinski definition) is 3. The van der Waals surface area contributed by atoms with Gasteiger partial charge in [-0.25, -0.2) is 0 Å². The van der Waals surface area contributed by atoms with Crippen molar-refractivity contribution >= 4 is 12.3 Å². The van der Waals surface area contributed by atoms with Crippen molar-refractivity contribution in [1.29, 1.82) is 0 Å². The maximum atomic E-state index is 11.5. The molecule has 5 nitrogen and oxygen atoms in total. The first kappa shape index (κ1) is 24.6. The van der Waals surface area contributed by atoms with Gasteiger partial charge in [0.2, 0.25) is 0 Å². The average Bonchev–Trinajstić information content (AvgIpc) is 3.12. The fraction of sp³-hybridized carbons (Fsp3) is 0.739. The van der Waals surface area contributed by atoms with E-state index in [1.807, 2.05) is 7.05 Å². The van der Waals surface area contributed by atoms with E-state index < -0.39 is 5.97 Å². The molecule has 160 valence electrons. The van der Waals surface area contributed by atoms with Crippen LogP contribution in [0.1, 0.15) is 77.0 Å². The number of carboxylic acid groups (broad SMARTS) is 1. The lowest BCUT2D eigenvalue weighted by Crippen LogP contribution is -2.12.